The van der Waals surface area contributed by atoms with Crippen molar-refractivity contribution in [3.05, 3.63) is 102 Å². The van der Waals surface area contributed by atoms with Crippen molar-refractivity contribution >= 4 is 25.1 Å². The summed E-state index contributed by atoms with van der Waals surface area (Å²) in [5.74, 6) is -269. The Morgan fingerprint density at radius 1 is 0.273 bits per heavy atom. The van der Waals surface area contributed by atoms with Gasteiger partial charge in [-0.05, 0) is 54.2 Å². The van der Waals surface area contributed by atoms with E-state index < -0.39 is 295 Å². The zero-order valence-corrected chi connectivity index (χ0v) is 62.8. The molecule has 3 aromatic rings. The van der Waals surface area contributed by atoms with E-state index >= 15 is 105 Å². The van der Waals surface area contributed by atoms with Gasteiger partial charge in [0.05, 0.1) is 8.07 Å². The van der Waals surface area contributed by atoms with Gasteiger partial charge in [0, 0.05) is 37.4 Å². The summed E-state index contributed by atoms with van der Waals surface area (Å²) in [6.45, 7) is -1.21. The molecule has 3 aromatic carbocycles. The molecule has 0 aliphatic heterocycles. The molecule has 1 atom stereocenters. The van der Waals surface area contributed by atoms with Crippen LogP contribution in [0.1, 0.15) is 78.9 Å². The zero-order chi connectivity index (χ0) is 105. The fraction of sp³-hybridized carbons (Fsp3) is 0.688. The van der Waals surface area contributed by atoms with E-state index in [4.69, 9.17) is 0 Å². The Morgan fingerprint density at radius 3 is 0.712 bits per heavy atom. The van der Waals surface area contributed by atoms with Crippen molar-refractivity contribution in [2.24, 2.45) is 0 Å². The van der Waals surface area contributed by atoms with Crippen LogP contribution in [0.15, 0.2) is 84.9 Å². The second kappa shape index (κ2) is 34.2. The number of carbonyl (C=O) groups is 2. The third kappa shape index (κ3) is 17.1. The van der Waals surface area contributed by atoms with Gasteiger partial charge in [0.2, 0.25) is 5.91 Å². The normalized spacial score (nSPS) is 17.0. The molecular weight excluding hydrogens is 2050 g/mol. The number of rotatable bonds is 41. The van der Waals surface area contributed by atoms with E-state index in [1.165, 1.54) is 0 Å². The highest BCUT2D eigenvalue weighted by Crippen LogP contribution is 2.72. The molecular formula is C64H41F63N2O2Si. The van der Waals surface area contributed by atoms with Gasteiger partial charge in [-0.3, -0.25) is 9.59 Å². The smallest absolute Gasteiger partial charge is 0.351 e. The number of alkyl halides is 63. The topological polar surface area (TPSA) is 49.4 Å². The Labute approximate surface area is 689 Å². The SMILES string of the molecule is O=C(NC1CCCCC1)C(c1ccccc1)N(Cc1ccccc1)C(=O)c1ccc([Si](CCC(F)(F)C(F)(F)C(F)(F)C(F)(F)C(F)(F)C(F)(F)C(F)(F)C(F)(F)C(F)(F)C(F)(F)F)(CCC(F)(F)C(F)(F)C(F)(F)C(F)(F)C(F)(F)C(F)(F)C(F)(F)C(F)(F)C(F)(F)C(F)(F)F)CCC(F)(F)C(F)(F)C(F)(F)C(F)(F)C(F)(F)C(F)(F)C(F)(F)C(F)(F)C(F)(F)C(F)(F)F)cc1. The molecule has 0 saturated heterocycles. The average Bonchev–Trinajstić information content (AvgIpc) is 0.691. The Hall–Kier alpha value is -7.59. The molecule has 1 unspecified atom stereocenters. The Morgan fingerprint density at radius 2 is 0.485 bits per heavy atom. The van der Waals surface area contributed by atoms with E-state index in [1.54, 1.807) is 0 Å². The van der Waals surface area contributed by atoms with Crippen LogP contribution in [0, 0.1) is 0 Å². The summed E-state index contributed by atoms with van der Waals surface area (Å²) >= 11 is 0. The standard InChI is InChI=1S/C64H41F63N2O2Si/c65-35(66,38(71,72)41(77,78)44(83,84)47(89,90)50(95,96)53(101,102)56(107,108)59(113,114)62(119,120)121)20-23-132(24-21-36(67,68)39(73,74)42(79,80)45(85,86)48(91,92)51(97,98)54(103,104)57(109,110)60(115,116)63(122,123)124,25-22-37(69,70)40(75,76)43(81,82)46(87,88)49(93,94)52(99,100)55(105,106)58(111,112)61(117,118)64(125,126)127)31-18-16-29(17-19-31)34(131)129(26-27-10-4-1-5-11-27)32(28-12-6-2-7-13-28)33(130)128-30-14-8-3-9-15-30/h1-2,4-7,10-13,16-19,30,32H,3,8-9,14-15,20-26H2,(H,128,130). The fourth-order valence-corrected chi connectivity index (χ4v) is 16.9. The molecule has 0 bridgehead atoms. The molecule has 4 nitrogen and oxygen atoms in total. The summed E-state index contributed by atoms with van der Waals surface area (Å²) < 4.78 is 921. The number of carbonyl (C=O) groups excluding carboxylic acids is 2. The lowest BCUT2D eigenvalue weighted by molar-refractivity contribution is -0.474. The summed E-state index contributed by atoms with van der Waals surface area (Å²) in [6.07, 6.45) is -40.3. The van der Waals surface area contributed by atoms with Crippen molar-refractivity contribution in [2.45, 2.75) is 267 Å². The van der Waals surface area contributed by atoms with Crippen molar-refractivity contribution in [1.82, 2.24) is 10.2 Å². The Kier molecular flexibility index (Phi) is 30.3. The molecule has 0 aromatic heterocycles. The maximum Gasteiger partial charge on any atom is 0.460 e. The monoisotopic (exact) mass is 2090 g/mol. The van der Waals surface area contributed by atoms with Crippen LogP contribution in [0.3, 0.4) is 0 Å². The molecule has 1 N–H and O–H groups in total. The first kappa shape index (κ1) is 117. The highest BCUT2D eigenvalue weighted by atomic mass is 28.3. The van der Waals surface area contributed by atoms with Gasteiger partial charge in [-0.25, -0.2) is 0 Å². The predicted molar refractivity (Wildman–Crippen MR) is 312 cm³/mol. The molecule has 4 rings (SSSR count). The van der Waals surface area contributed by atoms with Gasteiger partial charge in [-0.2, -0.15) is 277 Å². The molecule has 1 fully saturated rings. The van der Waals surface area contributed by atoms with Gasteiger partial charge < -0.3 is 10.2 Å². The van der Waals surface area contributed by atoms with Gasteiger partial charge in [0.25, 0.3) is 5.91 Å². The first-order valence-electron chi connectivity index (χ1n) is 33.9. The molecule has 2 amide bonds. The highest BCUT2D eigenvalue weighted by molar-refractivity contribution is 6.92. The highest BCUT2D eigenvalue weighted by Gasteiger charge is 3.02. The fourth-order valence-electron chi connectivity index (χ4n) is 12.1. The maximum atomic E-state index is 16.3. The van der Waals surface area contributed by atoms with Crippen molar-refractivity contribution in [1.29, 1.82) is 0 Å². The lowest BCUT2D eigenvalue weighted by Crippen LogP contribution is -2.77. The number of amides is 2. The molecule has 0 spiro atoms. The summed E-state index contributed by atoms with van der Waals surface area (Å²) in [5.41, 5.74) is -2.53. The Bertz CT molecular complexity index is 4160. The van der Waals surface area contributed by atoms with Gasteiger partial charge in [0.15, 0.2) is 0 Å². The van der Waals surface area contributed by atoms with E-state index in [1.807, 2.05) is 0 Å². The van der Waals surface area contributed by atoms with Crippen molar-refractivity contribution in [2.75, 3.05) is 0 Å². The first-order valence-corrected chi connectivity index (χ1v) is 36.5. The van der Waals surface area contributed by atoms with Gasteiger partial charge >= 0.3 is 178 Å². The summed E-state index contributed by atoms with van der Waals surface area (Å²) in [5, 5.41) is -0.439. The van der Waals surface area contributed by atoms with Crippen LogP contribution >= 0.6 is 0 Å². The number of halogens is 63. The first-order chi connectivity index (χ1) is 57.7. The van der Waals surface area contributed by atoms with Crippen LogP contribution < -0.4 is 10.5 Å². The molecule has 0 radical (unpaired) electrons. The second-order valence-electron chi connectivity index (χ2n) is 28.8. The van der Waals surface area contributed by atoms with Crippen LogP contribution in [-0.4, -0.2) is 209 Å². The van der Waals surface area contributed by atoms with E-state index in [0.29, 0.717) is 6.42 Å². The zero-order valence-electron chi connectivity index (χ0n) is 61.8. The third-order valence-corrected chi connectivity index (χ3v) is 25.5. The van der Waals surface area contributed by atoms with E-state index in [9.17, 15) is 181 Å². The van der Waals surface area contributed by atoms with Crippen LogP contribution in [-0.2, 0) is 11.3 Å². The maximum absolute atomic E-state index is 16.3. The molecule has 764 valence electrons. The van der Waals surface area contributed by atoms with Gasteiger partial charge in [-0.15, -0.1) is 0 Å². The molecule has 68 heteroatoms. The number of nitrogens with zero attached hydrogens (tertiary/aromatic N) is 1. The molecule has 0 heterocycles. The minimum Gasteiger partial charge on any atom is -0.351 e. The minimum atomic E-state index is -10.3. The van der Waals surface area contributed by atoms with Gasteiger partial charge in [-0.1, -0.05) is 97.2 Å². The minimum absolute atomic E-state index is 0.0108. The van der Waals surface area contributed by atoms with Crippen LogP contribution in [0.4, 0.5) is 277 Å². The molecule has 1 aliphatic rings. The third-order valence-electron chi connectivity index (χ3n) is 20.3. The van der Waals surface area contributed by atoms with E-state index in [2.05, 4.69) is 5.32 Å². The summed E-state index contributed by atoms with van der Waals surface area (Å²) in [4.78, 5) is 29.6. The van der Waals surface area contributed by atoms with E-state index in [0.717, 1.165) is 60.7 Å². The van der Waals surface area contributed by atoms with Crippen LogP contribution in [0.25, 0.3) is 0 Å². The largest absolute Gasteiger partial charge is 0.460 e. The number of nitrogens with one attached hydrogen (secondary N) is 1. The molecule has 132 heavy (non-hydrogen) atoms. The summed E-state index contributed by atoms with van der Waals surface area (Å²) in [6, 6.07) is -9.39. The lowest BCUT2D eigenvalue weighted by atomic mass is 9.86. The molecule has 1 saturated carbocycles. The van der Waals surface area contributed by atoms with Crippen LogP contribution in [0.5, 0.6) is 0 Å². The number of hydrogen-bond acceptors (Lipinski definition) is 2. The quantitative estimate of drug-likeness (QED) is 0.0455. The van der Waals surface area contributed by atoms with Crippen molar-refractivity contribution in [3.63, 3.8) is 0 Å². The summed E-state index contributed by atoms with van der Waals surface area (Å²) in [7, 11) is -8.52. The number of benzene rings is 3. The average molecular weight is 2100 g/mol. The predicted octanol–water partition coefficient (Wildman–Crippen LogP) is 27.2. The number of hydrogen-bond donors (Lipinski definition) is 1. The second-order valence-corrected chi connectivity index (χ2v) is 33.5. The van der Waals surface area contributed by atoms with Crippen molar-refractivity contribution in [3.8, 4) is 0 Å². The lowest BCUT2D eigenvalue weighted by Gasteiger charge is -2.45. The van der Waals surface area contributed by atoms with Crippen molar-refractivity contribution < 1.29 is 286 Å². The van der Waals surface area contributed by atoms with Gasteiger partial charge in [0.1, 0.15) is 6.04 Å². The van der Waals surface area contributed by atoms with Crippen LogP contribution in [0.2, 0.25) is 18.1 Å². The Balaban J connectivity index is 2.35. The van der Waals surface area contributed by atoms with E-state index in [-0.39, 0.29) is 36.1 Å². The molecule has 1 aliphatic carbocycles.